The van der Waals surface area contributed by atoms with Gasteiger partial charge in [-0.3, -0.25) is 19.2 Å². The zero-order chi connectivity index (χ0) is 33.6. The molecular weight excluding hydrogens is 574 g/mol. The molecule has 1 saturated heterocycles. The Bertz CT molecular complexity index is 1040. The maximum Gasteiger partial charge on any atom is 0.408 e. The highest BCUT2D eigenvalue weighted by Gasteiger charge is 2.33. The lowest BCUT2D eigenvalue weighted by molar-refractivity contribution is -0.137. The molecule has 0 bridgehead atoms. The molecule has 14 heteroatoms. The SMILES string of the molecule is CCOC(=O)C=C[C@H](C[C@@H]1CCNC1=O)NC(=O)[C@H](CC(C)C)NC(=O)[C@@H](NC(=O)[C@H](CO)NC(=O)OC(C)(C)C)C(C)C. The molecule has 0 spiro atoms. The van der Waals surface area contributed by atoms with Crippen molar-refractivity contribution in [1.82, 2.24) is 26.6 Å². The van der Waals surface area contributed by atoms with Crippen LogP contribution in [0, 0.1) is 17.8 Å². The van der Waals surface area contributed by atoms with Gasteiger partial charge in [-0.2, -0.15) is 0 Å². The van der Waals surface area contributed by atoms with Gasteiger partial charge in [0.1, 0.15) is 23.7 Å². The van der Waals surface area contributed by atoms with Crippen molar-refractivity contribution >= 4 is 35.7 Å². The molecule has 0 aromatic heterocycles. The number of carbonyl (C=O) groups excluding carboxylic acids is 6. The first-order chi connectivity index (χ1) is 20.5. The van der Waals surface area contributed by atoms with Crippen molar-refractivity contribution in [1.29, 1.82) is 0 Å². The van der Waals surface area contributed by atoms with E-state index in [4.69, 9.17) is 9.47 Å². The van der Waals surface area contributed by atoms with Gasteiger partial charge in [-0.25, -0.2) is 9.59 Å². The Labute approximate surface area is 259 Å². The Kier molecular flexibility index (Phi) is 15.9. The van der Waals surface area contributed by atoms with E-state index in [1.807, 2.05) is 13.8 Å². The Hall–Kier alpha value is -3.68. The molecule has 0 aromatic carbocycles. The Morgan fingerprint density at radius 1 is 0.977 bits per heavy atom. The number of amides is 5. The van der Waals surface area contributed by atoms with Gasteiger partial charge >= 0.3 is 12.1 Å². The summed E-state index contributed by atoms with van der Waals surface area (Å²) in [5.74, 6) is -3.51. The Morgan fingerprint density at radius 3 is 2.11 bits per heavy atom. The molecule has 0 saturated carbocycles. The van der Waals surface area contributed by atoms with Crippen LogP contribution in [0.3, 0.4) is 0 Å². The van der Waals surface area contributed by atoms with Gasteiger partial charge < -0.3 is 41.2 Å². The molecule has 44 heavy (non-hydrogen) atoms. The van der Waals surface area contributed by atoms with Gasteiger partial charge in [-0.05, 0) is 58.8 Å². The van der Waals surface area contributed by atoms with Crippen LogP contribution in [0.2, 0.25) is 0 Å². The summed E-state index contributed by atoms with van der Waals surface area (Å²) in [6.45, 7) is 13.7. The summed E-state index contributed by atoms with van der Waals surface area (Å²) in [6, 6.07) is -4.20. The van der Waals surface area contributed by atoms with Gasteiger partial charge in [0.2, 0.25) is 23.6 Å². The molecule has 14 nitrogen and oxygen atoms in total. The average molecular weight is 626 g/mol. The number of hydrogen-bond acceptors (Lipinski definition) is 9. The molecule has 1 aliphatic heterocycles. The predicted molar refractivity (Wildman–Crippen MR) is 162 cm³/mol. The third-order valence-electron chi connectivity index (χ3n) is 6.56. The van der Waals surface area contributed by atoms with E-state index in [9.17, 15) is 33.9 Å². The smallest absolute Gasteiger partial charge is 0.408 e. The van der Waals surface area contributed by atoms with E-state index in [1.54, 1.807) is 41.5 Å². The van der Waals surface area contributed by atoms with Crippen LogP contribution in [-0.2, 0) is 33.4 Å². The average Bonchev–Trinajstić information content (AvgIpc) is 3.30. The Morgan fingerprint density at radius 2 is 1.61 bits per heavy atom. The molecule has 0 aromatic rings. The first kappa shape index (κ1) is 38.3. The van der Waals surface area contributed by atoms with Crippen molar-refractivity contribution < 1.29 is 43.3 Å². The van der Waals surface area contributed by atoms with Gasteiger partial charge in [0.05, 0.1) is 13.2 Å². The van der Waals surface area contributed by atoms with Gasteiger partial charge in [0.15, 0.2) is 0 Å². The first-order valence-electron chi connectivity index (χ1n) is 15.1. The summed E-state index contributed by atoms with van der Waals surface area (Å²) < 4.78 is 10.1. The van der Waals surface area contributed by atoms with Crippen molar-refractivity contribution in [3.05, 3.63) is 12.2 Å². The summed E-state index contributed by atoms with van der Waals surface area (Å²) in [5.41, 5.74) is -0.829. The maximum atomic E-state index is 13.5. The summed E-state index contributed by atoms with van der Waals surface area (Å²) in [7, 11) is 0. The van der Waals surface area contributed by atoms with Crippen LogP contribution in [0.4, 0.5) is 4.79 Å². The molecule has 5 atom stereocenters. The summed E-state index contributed by atoms with van der Waals surface area (Å²) in [4.78, 5) is 76.1. The summed E-state index contributed by atoms with van der Waals surface area (Å²) in [5, 5.41) is 22.9. The minimum atomic E-state index is -1.38. The number of rotatable bonds is 16. The predicted octanol–water partition coefficient (Wildman–Crippen LogP) is 0.674. The van der Waals surface area contributed by atoms with Gasteiger partial charge in [0, 0.05) is 24.6 Å². The third-order valence-corrected chi connectivity index (χ3v) is 6.56. The lowest BCUT2D eigenvalue weighted by atomic mass is 9.96. The van der Waals surface area contributed by atoms with Crippen LogP contribution in [0.1, 0.15) is 74.7 Å². The van der Waals surface area contributed by atoms with E-state index in [-0.39, 0.29) is 37.2 Å². The number of hydrogen-bond donors (Lipinski definition) is 6. The first-order valence-corrected chi connectivity index (χ1v) is 15.1. The normalized spacial score (nSPS) is 17.8. The van der Waals surface area contributed by atoms with Crippen molar-refractivity contribution in [3.8, 4) is 0 Å². The number of alkyl carbamates (subject to hydrolysis) is 1. The molecule has 1 heterocycles. The van der Waals surface area contributed by atoms with E-state index in [2.05, 4.69) is 26.6 Å². The molecule has 5 amide bonds. The van der Waals surface area contributed by atoms with Crippen LogP contribution < -0.4 is 26.6 Å². The van der Waals surface area contributed by atoms with Crippen molar-refractivity contribution in [2.24, 2.45) is 17.8 Å². The maximum absolute atomic E-state index is 13.5. The standard InChI is InChI=1S/C30H51N5O9/c1-9-43-23(37)11-10-20(15-19-12-13-31-25(19)38)32-26(39)21(14-17(2)3)33-28(41)24(18(4)5)35-27(40)22(16-36)34-29(42)44-30(6,7)8/h10-11,17-22,24,36H,9,12-16H2,1-8H3,(H,31,38)(H,32,39)(H,33,41)(H,34,42)(H,35,40)/t19-,20+,21-,22-,24-/m0/s1. The van der Waals surface area contributed by atoms with E-state index in [0.717, 1.165) is 0 Å². The second kappa shape index (κ2) is 18.2. The molecule has 1 rings (SSSR count). The summed E-state index contributed by atoms with van der Waals surface area (Å²) >= 11 is 0. The lowest BCUT2D eigenvalue weighted by Gasteiger charge is -2.28. The van der Waals surface area contributed by atoms with Crippen molar-refractivity contribution in [2.75, 3.05) is 19.8 Å². The zero-order valence-electron chi connectivity index (χ0n) is 27.2. The quantitative estimate of drug-likeness (QED) is 0.105. The van der Waals surface area contributed by atoms with Crippen LogP contribution in [-0.4, -0.2) is 90.3 Å². The number of aliphatic hydroxyl groups is 1. The van der Waals surface area contributed by atoms with Gasteiger partial charge in [0.25, 0.3) is 0 Å². The molecule has 0 unspecified atom stereocenters. The minimum absolute atomic E-state index is 0.0101. The van der Waals surface area contributed by atoms with Crippen LogP contribution in [0.5, 0.6) is 0 Å². The number of nitrogens with one attached hydrogen (secondary N) is 5. The number of esters is 1. The fourth-order valence-corrected chi connectivity index (χ4v) is 4.43. The van der Waals surface area contributed by atoms with Gasteiger partial charge in [-0.1, -0.05) is 33.8 Å². The molecule has 6 N–H and O–H groups in total. The van der Waals surface area contributed by atoms with Gasteiger partial charge in [-0.15, -0.1) is 0 Å². The van der Waals surface area contributed by atoms with E-state index in [0.29, 0.717) is 13.0 Å². The number of carbonyl (C=O) groups is 6. The van der Waals surface area contributed by atoms with Crippen LogP contribution >= 0.6 is 0 Å². The highest BCUT2D eigenvalue weighted by molar-refractivity contribution is 5.94. The zero-order valence-corrected chi connectivity index (χ0v) is 27.2. The van der Waals surface area contributed by atoms with E-state index >= 15 is 0 Å². The fraction of sp³-hybridized carbons (Fsp3) is 0.733. The number of ether oxygens (including phenoxy) is 2. The lowest BCUT2D eigenvalue weighted by Crippen LogP contribution is -2.59. The third kappa shape index (κ3) is 14.2. The van der Waals surface area contributed by atoms with Crippen molar-refractivity contribution in [3.63, 3.8) is 0 Å². The largest absolute Gasteiger partial charge is 0.463 e. The van der Waals surface area contributed by atoms with Crippen molar-refractivity contribution in [2.45, 2.75) is 104 Å². The molecule has 0 radical (unpaired) electrons. The molecule has 0 aliphatic carbocycles. The second-order valence-electron chi connectivity index (χ2n) is 12.5. The minimum Gasteiger partial charge on any atom is -0.463 e. The molecule has 1 fully saturated rings. The molecule has 1 aliphatic rings. The highest BCUT2D eigenvalue weighted by Crippen LogP contribution is 2.18. The second-order valence-corrected chi connectivity index (χ2v) is 12.5. The van der Waals surface area contributed by atoms with E-state index < -0.39 is 72.1 Å². The van der Waals surface area contributed by atoms with Crippen LogP contribution in [0.15, 0.2) is 12.2 Å². The van der Waals surface area contributed by atoms with E-state index in [1.165, 1.54) is 12.2 Å². The Balaban J connectivity index is 3.08. The molecular formula is C30H51N5O9. The topological polar surface area (TPSA) is 201 Å². The number of aliphatic hydroxyl groups excluding tert-OH is 1. The molecule has 250 valence electrons. The summed E-state index contributed by atoms with van der Waals surface area (Å²) in [6.07, 6.45) is 2.84. The fourth-order valence-electron chi connectivity index (χ4n) is 4.43. The highest BCUT2D eigenvalue weighted by atomic mass is 16.6. The van der Waals surface area contributed by atoms with Crippen LogP contribution in [0.25, 0.3) is 0 Å². The monoisotopic (exact) mass is 625 g/mol.